The molecule has 2 rings (SSSR count). The number of aryl methyl sites for hydroxylation is 1. The molecule has 0 saturated carbocycles. The first-order valence-corrected chi connectivity index (χ1v) is 6.44. The summed E-state index contributed by atoms with van der Waals surface area (Å²) < 4.78 is 4.80. The van der Waals surface area contributed by atoms with Crippen LogP contribution in [-0.2, 0) is 9.53 Å². The van der Waals surface area contributed by atoms with Crippen LogP contribution in [0.3, 0.4) is 0 Å². The summed E-state index contributed by atoms with van der Waals surface area (Å²) in [5.74, 6) is -0.345. The van der Waals surface area contributed by atoms with E-state index in [1.807, 2.05) is 36.6 Å². The highest BCUT2D eigenvalue weighted by atomic mass is 32.1. The van der Waals surface area contributed by atoms with Gasteiger partial charge in [-0.1, -0.05) is 12.1 Å². The highest BCUT2D eigenvalue weighted by Gasteiger charge is 2.23. The minimum absolute atomic E-state index is 0.345. The molecule has 0 radical (unpaired) electrons. The van der Waals surface area contributed by atoms with Gasteiger partial charge in [0.25, 0.3) is 0 Å². The lowest BCUT2D eigenvalue weighted by Crippen LogP contribution is -2.22. The van der Waals surface area contributed by atoms with Gasteiger partial charge in [-0.25, -0.2) is 9.78 Å². The molecule has 0 aliphatic rings. The first-order valence-electron chi connectivity index (χ1n) is 5.50. The van der Waals surface area contributed by atoms with E-state index in [0.717, 1.165) is 11.3 Å². The predicted molar refractivity (Wildman–Crippen MR) is 71.7 cm³/mol. The van der Waals surface area contributed by atoms with Crippen LogP contribution in [0.15, 0.2) is 35.2 Å². The molecule has 0 spiro atoms. The van der Waals surface area contributed by atoms with E-state index in [1.54, 1.807) is 5.51 Å². The summed E-state index contributed by atoms with van der Waals surface area (Å²) in [6.07, 6.45) is 0. The van der Waals surface area contributed by atoms with Gasteiger partial charge in [0.05, 0.1) is 18.3 Å². The Morgan fingerprint density at radius 1 is 1.50 bits per heavy atom. The monoisotopic (exact) mass is 262 g/mol. The van der Waals surface area contributed by atoms with E-state index >= 15 is 0 Å². The summed E-state index contributed by atoms with van der Waals surface area (Å²) in [6.45, 7) is 2.00. The summed E-state index contributed by atoms with van der Waals surface area (Å²) in [5.41, 5.74) is 4.37. The first-order chi connectivity index (χ1) is 8.70. The van der Waals surface area contributed by atoms with Crippen LogP contribution in [0.4, 0.5) is 5.69 Å². The fourth-order valence-corrected chi connectivity index (χ4v) is 2.22. The Morgan fingerprint density at radius 2 is 2.33 bits per heavy atom. The number of esters is 1. The number of carbonyl (C=O) groups excluding carboxylic acids is 1. The molecule has 18 heavy (non-hydrogen) atoms. The number of anilines is 1. The third-order valence-corrected chi connectivity index (χ3v) is 3.12. The van der Waals surface area contributed by atoms with Crippen molar-refractivity contribution in [3.8, 4) is 0 Å². The maximum Gasteiger partial charge on any atom is 0.334 e. The smallest absolute Gasteiger partial charge is 0.334 e. The van der Waals surface area contributed by atoms with Crippen molar-refractivity contribution in [2.45, 2.75) is 13.0 Å². The van der Waals surface area contributed by atoms with Crippen molar-refractivity contribution < 1.29 is 9.53 Å². The molecule has 94 valence electrons. The SMILES string of the molecule is COC(=O)C(Nc1cccc(C)c1)c1cscn1. The average molecular weight is 262 g/mol. The van der Waals surface area contributed by atoms with Crippen LogP contribution < -0.4 is 5.32 Å². The second kappa shape index (κ2) is 5.64. The number of carbonyl (C=O) groups is 1. The van der Waals surface area contributed by atoms with Crippen molar-refractivity contribution in [1.82, 2.24) is 4.98 Å². The van der Waals surface area contributed by atoms with Gasteiger partial charge in [0.2, 0.25) is 0 Å². The van der Waals surface area contributed by atoms with E-state index in [1.165, 1.54) is 18.4 Å². The fraction of sp³-hybridized carbons (Fsp3) is 0.231. The van der Waals surface area contributed by atoms with Crippen LogP contribution in [0.5, 0.6) is 0 Å². The zero-order valence-electron chi connectivity index (χ0n) is 10.2. The fourth-order valence-electron chi connectivity index (χ4n) is 1.64. The van der Waals surface area contributed by atoms with E-state index < -0.39 is 6.04 Å². The van der Waals surface area contributed by atoms with Crippen LogP contribution in [0.25, 0.3) is 0 Å². The summed E-state index contributed by atoms with van der Waals surface area (Å²) in [7, 11) is 1.37. The second-order valence-corrected chi connectivity index (χ2v) is 4.60. The van der Waals surface area contributed by atoms with Gasteiger partial charge in [-0.2, -0.15) is 0 Å². The molecule has 1 aromatic heterocycles. The average Bonchev–Trinajstić information content (AvgIpc) is 2.89. The summed E-state index contributed by atoms with van der Waals surface area (Å²) in [5, 5.41) is 4.98. The molecule has 0 aliphatic heterocycles. The van der Waals surface area contributed by atoms with Crippen LogP contribution in [0.1, 0.15) is 17.3 Å². The molecule has 0 aliphatic carbocycles. The van der Waals surface area contributed by atoms with Gasteiger partial charge in [0, 0.05) is 11.1 Å². The molecule has 0 bridgehead atoms. The molecule has 1 atom stereocenters. The molecule has 0 saturated heterocycles. The molecule has 1 aromatic carbocycles. The summed E-state index contributed by atoms with van der Waals surface area (Å²) in [4.78, 5) is 15.9. The van der Waals surface area contributed by atoms with Crippen LogP contribution in [0.2, 0.25) is 0 Å². The number of thiazole rings is 1. The molecule has 0 amide bonds. The van der Waals surface area contributed by atoms with Gasteiger partial charge in [0.15, 0.2) is 6.04 Å². The third-order valence-electron chi connectivity index (χ3n) is 2.51. The van der Waals surface area contributed by atoms with Crippen molar-refractivity contribution >= 4 is 23.0 Å². The largest absolute Gasteiger partial charge is 0.467 e. The van der Waals surface area contributed by atoms with E-state index in [9.17, 15) is 4.79 Å². The van der Waals surface area contributed by atoms with Crippen LogP contribution >= 0.6 is 11.3 Å². The van der Waals surface area contributed by atoms with Gasteiger partial charge in [-0.05, 0) is 24.6 Å². The van der Waals surface area contributed by atoms with E-state index in [-0.39, 0.29) is 5.97 Å². The van der Waals surface area contributed by atoms with E-state index in [2.05, 4.69) is 10.3 Å². The minimum atomic E-state index is -0.567. The number of hydrogen-bond acceptors (Lipinski definition) is 5. The second-order valence-electron chi connectivity index (χ2n) is 3.88. The lowest BCUT2D eigenvalue weighted by atomic mass is 10.2. The number of nitrogens with zero attached hydrogens (tertiary/aromatic N) is 1. The predicted octanol–water partition coefficient (Wildman–Crippen LogP) is 2.78. The summed E-state index contributed by atoms with van der Waals surface area (Å²) >= 11 is 1.45. The van der Waals surface area contributed by atoms with Crippen molar-refractivity contribution in [1.29, 1.82) is 0 Å². The van der Waals surface area contributed by atoms with E-state index in [0.29, 0.717) is 5.69 Å². The molecule has 0 fully saturated rings. The minimum Gasteiger partial charge on any atom is -0.467 e. The highest BCUT2D eigenvalue weighted by molar-refractivity contribution is 7.07. The first kappa shape index (κ1) is 12.6. The Morgan fingerprint density at radius 3 is 2.94 bits per heavy atom. The van der Waals surface area contributed by atoms with Crippen molar-refractivity contribution in [3.63, 3.8) is 0 Å². The standard InChI is InChI=1S/C13H14N2O2S/c1-9-4-3-5-10(6-9)15-12(13(16)17-2)11-7-18-8-14-11/h3-8,12,15H,1-2H3. The zero-order chi connectivity index (χ0) is 13.0. The van der Waals surface area contributed by atoms with Gasteiger partial charge in [0.1, 0.15) is 0 Å². The molecule has 2 aromatic rings. The summed E-state index contributed by atoms with van der Waals surface area (Å²) in [6, 6.07) is 7.26. The Labute approximate surface area is 110 Å². The Bertz CT molecular complexity index is 526. The maximum atomic E-state index is 11.8. The number of rotatable bonds is 4. The quantitative estimate of drug-likeness (QED) is 0.861. The normalized spacial score (nSPS) is 11.9. The number of hydrogen-bond donors (Lipinski definition) is 1. The Balaban J connectivity index is 2.23. The molecular formula is C13H14N2O2S. The van der Waals surface area contributed by atoms with Crippen LogP contribution in [0, 0.1) is 6.92 Å². The zero-order valence-corrected chi connectivity index (χ0v) is 11.0. The number of benzene rings is 1. The van der Waals surface area contributed by atoms with Crippen molar-refractivity contribution in [2.75, 3.05) is 12.4 Å². The van der Waals surface area contributed by atoms with Gasteiger partial charge in [-0.3, -0.25) is 0 Å². The lowest BCUT2D eigenvalue weighted by Gasteiger charge is -2.16. The van der Waals surface area contributed by atoms with Crippen LogP contribution in [-0.4, -0.2) is 18.1 Å². The Kier molecular flexibility index (Phi) is 3.94. The van der Waals surface area contributed by atoms with E-state index in [4.69, 9.17) is 4.74 Å². The maximum absolute atomic E-state index is 11.8. The highest BCUT2D eigenvalue weighted by Crippen LogP contribution is 2.21. The number of methoxy groups -OCH3 is 1. The van der Waals surface area contributed by atoms with Crippen molar-refractivity contribution in [3.05, 3.63) is 46.4 Å². The van der Waals surface area contributed by atoms with Crippen molar-refractivity contribution in [2.24, 2.45) is 0 Å². The number of aromatic nitrogens is 1. The van der Waals surface area contributed by atoms with Gasteiger partial charge in [-0.15, -0.1) is 11.3 Å². The molecule has 1 N–H and O–H groups in total. The molecule has 5 heteroatoms. The molecule has 4 nitrogen and oxygen atoms in total. The van der Waals surface area contributed by atoms with Gasteiger partial charge < -0.3 is 10.1 Å². The molecule has 1 heterocycles. The number of ether oxygens (including phenoxy) is 1. The lowest BCUT2D eigenvalue weighted by molar-refractivity contribution is -0.141. The third kappa shape index (κ3) is 2.87. The topological polar surface area (TPSA) is 51.2 Å². The molecular weight excluding hydrogens is 248 g/mol. The Hall–Kier alpha value is -1.88. The number of nitrogens with one attached hydrogen (secondary N) is 1. The molecule has 1 unspecified atom stereocenters. The van der Waals surface area contributed by atoms with Gasteiger partial charge >= 0.3 is 5.97 Å².